The first-order chi connectivity index (χ1) is 12.2. The van der Waals surface area contributed by atoms with Gasteiger partial charge < -0.3 is 14.2 Å². The maximum absolute atomic E-state index is 12.1. The lowest BCUT2D eigenvalue weighted by atomic mass is 10.1. The molecule has 0 saturated carbocycles. The van der Waals surface area contributed by atoms with Crippen molar-refractivity contribution in [2.24, 2.45) is 0 Å². The largest absolute Gasteiger partial charge is 0.497 e. The third-order valence-electron chi connectivity index (χ3n) is 3.27. The van der Waals surface area contributed by atoms with Gasteiger partial charge in [-0.15, -0.1) is 0 Å². The van der Waals surface area contributed by atoms with Gasteiger partial charge in [-0.2, -0.15) is 5.26 Å². The van der Waals surface area contributed by atoms with E-state index in [1.165, 1.54) is 6.08 Å². The van der Waals surface area contributed by atoms with Crippen molar-refractivity contribution in [2.75, 3.05) is 13.7 Å². The second-order valence-corrected chi connectivity index (χ2v) is 5.15. The summed E-state index contributed by atoms with van der Waals surface area (Å²) >= 11 is 0. The van der Waals surface area contributed by atoms with Gasteiger partial charge in [-0.05, 0) is 54.5 Å². The number of nitriles is 1. The number of ether oxygens (including phenoxy) is 3. The van der Waals surface area contributed by atoms with Crippen LogP contribution in [0.4, 0.5) is 0 Å². The number of carbonyl (C=O) groups excluding carboxylic acids is 1. The number of rotatable bonds is 7. The van der Waals surface area contributed by atoms with Gasteiger partial charge in [0.05, 0.1) is 13.7 Å². The molecule has 0 atom stereocenters. The number of nitrogens with zero attached hydrogens (tertiary/aromatic N) is 1. The lowest BCUT2D eigenvalue weighted by Gasteiger charge is -2.06. The third-order valence-corrected chi connectivity index (χ3v) is 3.27. The normalized spacial score (nSPS) is 10.7. The minimum absolute atomic E-state index is 0.0851. The Labute approximate surface area is 147 Å². The van der Waals surface area contributed by atoms with Crippen LogP contribution in [0, 0.1) is 11.3 Å². The molecule has 0 heterocycles. The average Bonchev–Trinajstić information content (AvgIpc) is 2.65. The Bertz CT molecular complexity index is 771. The molecule has 25 heavy (non-hydrogen) atoms. The highest BCUT2D eigenvalue weighted by molar-refractivity contribution is 5.99. The first kappa shape index (κ1) is 18.1. The zero-order valence-electron chi connectivity index (χ0n) is 14.2. The summed E-state index contributed by atoms with van der Waals surface area (Å²) in [5.41, 5.74) is 0.630. The van der Waals surface area contributed by atoms with Crippen LogP contribution in [0.15, 0.2) is 54.1 Å². The second-order valence-electron chi connectivity index (χ2n) is 5.15. The Hall–Kier alpha value is -3.26. The summed E-state index contributed by atoms with van der Waals surface area (Å²) < 4.78 is 15.7. The third kappa shape index (κ3) is 5.40. The van der Waals surface area contributed by atoms with Crippen molar-refractivity contribution in [1.29, 1.82) is 5.26 Å². The highest BCUT2D eigenvalue weighted by Crippen LogP contribution is 2.19. The van der Waals surface area contributed by atoms with E-state index in [1.807, 2.05) is 13.0 Å². The molecule has 2 rings (SSSR count). The molecule has 0 unspecified atom stereocenters. The number of hydrogen-bond donors (Lipinski definition) is 0. The van der Waals surface area contributed by atoms with Gasteiger partial charge in [-0.3, -0.25) is 0 Å². The van der Waals surface area contributed by atoms with E-state index in [4.69, 9.17) is 14.2 Å². The lowest BCUT2D eigenvalue weighted by Crippen LogP contribution is -2.10. The predicted molar refractivity (Wildman–Crippen MR) is 94.4 cm³/mol. The molecule has 0 bridgehead atoms. The zero-order chi connectivity index (χ0) is 18.1. The molecular weight excluding hydrogens is 318 g/mol. The summed E-state index contributed by atoms with van der Waals surface area (Å²) in [5.74, 6) is 1.04. The van der Waals surface area contributed by atoms with Gasteiger partial charge in [0.25, 0.3) is 0 Å². The highest BCUT2D eigenvalue weighted by Gasteiger charge is 2.12. The Balaban J connectivity index is 2.07. The molecule has 5 heteroatoms. The topological polar surface area (TPSA) is 68.5 Å². The van der Waals surface area contributed by atoms with Crippen molar-refractivity contribution in [3.8, 4) is 23.3 Å². The van der Waals surface area contributed by atoms with Gasteiger partial charge in [-0.25, -0.2) is 4.79 Å². The second kappa shape index (κ2) is 9.14. The summed E-state index contributed by atoms with van der Waals surface area (Å²) in [6.45, 7) is 2.68. The number of methoxy groups -OCH3 is 1. The Kier molecular flexibility index (Phi) is 6.61. The maximum Gasteiger partial charge on any atom is 0.354 e. The van der Waals surface area contributed by atoms with Crippen molar-refractivity contribution in [2.45, 2.75) is 13.3 Å². The van der Waals surface area contributed by atoms with Gasteiger partial charge in [0.1, 0.15) is 28.9 Å². The van der Waals surface area contributed by atoms with Gasteiger partial charge in [0.15, 0.2) is 0 Å². The molecule has 0 amide bonds. The van der Waals surface area contributed by atoms with Crippen LogP contribution in [0.3, 0.4) is 0 Å². The fourth-order valence-corrected chi connectivity index (χ4v) is 1.99. The summed E-state index contributed by atoms with van der Waals surface area (Å²) in [7, 11) is 1.55. The van der Waals surface area contributed by atoms with E-state index in [-0.39, 0.29) is 5.57 Å². The van der Waals surface area contributed by atoms with Gasteiger partial charge in [0, 0.05) is 0 Å². The molecule has 5 nitrogen and oxygen atoms in total. The van der Waals surface area contributed by atoms with Crippen LogP contribution < -0.4 is 14.2 Å². The Morgan fingerprint density at radius 1 is 1.04 bits per heavy atom. The van der Waals surface area contributed by atoms with E-state index in [9.17, 15) is 10.1 Å². The van der Waals surface area contributed by atoms with Gasteiger partial charge in [0.2, 0.25) is 0 Å². The van der Waals surface area contributed by atoms with E-state index in [1.54, 1.807) is 55.6 Å². The number of benzene rings is 2. The molecule has 0 saturated heterocycles. The van der Waals surface area contributed by atoms with Crippen molar-refractivity contribution in [3.63, 3.8) is 0 Å². The molecule has 0 spiro atoms. The van der Waals surface area contributed by atoms with E-state index >= 15 is 0 Å². The van der Waals surface area contributed by atoms with Crippen LogP contribution >= 0.6 is 0 Å². The number of carbonyl (C=O) groups is 1. The van der Waals surface area contributed by atoms with Gasteiger partial charge in [-0.1, -0.05) is 19.1 Å². The standard InChI is InChI=1S/C20H19NO4/c1-3-12-24-18-6-4-15(5-7-18)13-16(14-21)20(22)25-19-10-8-17(23-2)9-11-19/h4-11,13H,3,12H2,1-2H3/b16-13+. The summed E-state index contributed by atoms with van der Waals surface area (Å²) in [4.78, 5) is 12.1. The van der Waals surface area contributed by atoms with Gasteiger partial charge >= 0.3 is 5.97 Å². The monoisotopic (exact) mass is 337 g/mol. The molecule has 0 N–H and O–H groups in total. The summed E-state index contributed by atoms with van der Waals surface area (Å²) in [6.07, 6.45) is 2.41. The summed E-state index contributed by atoms with van der Waals surface area (Å²) in [6, 6.07) is 15.6. The van der Waals surface area contributed by atoms with E-state index in [2.05, 4.69) is 0 Å². The van der Waals surface area contributed by atoms with Crippen LogP contribution in [0.1, 0.15) is 18.9 Å². The molecule has 2 aromatic carbocycles. The highest BCUT2D eigenvalue weighted by atomic mass is 16.5. The van der Waals surface area contributed by atoms with Crippen molar-refractivity contribution < 1.29 is 19.0 Å². The molecule has 0 aliphatic rings. The van der Waals surface area contributed by atoms with Crippen LogP contribution in [-0.2, 0) is 4.79 Å². The Morgan fingerprint density at radius 2 is 1.64 bits per heavy atom. The van der Waals surface area contributed by atoms with Crippen molar-refractivity contribution >= 4 is 12.0 Å². The van der Waals surface area contributed by atoms with Crippen LogP contribution in [0.25, 0.3) is 6.08 Å². The van der Waals surface area contributed by atoms with Crippen LogP contribution in [-0.4, -0.2) is 19.7 Å². The fraction of sp³-hybridized carbons (Fsp3) is 0.200. The number of esters is 1. The molecule has 0 aromatic heterocycles. The van der Waals surface area contributed by atoms with Crippen LogP contribution in [0.5, 0.6) is 17.2 Å². The minimum atomic E-state index is -0.709. The molecule has 0 aliphatic carbocycles. The molecular formula is C20H19NO4. The van der Waals surface area contributed by atoms with Crippen LogP contribution in [0.2, 0.25) is 0 Å². The molecule has 128 valence electrons. The number of hydrogen-bond acceptors (Lipinski definition) is 5. The summed E-state index contributed by atoms with van der Waals surface area (Å²) in [5, 5.41) is 9.22. The SMILES string of the molecule is CCCOc1ccc(/C=C(\C#N)C(=O)Oc2ccc(OC)cc2)cc1. The first-order valence-corrected chi connectivity index (χ1v) is 7.87. The molecule has 0 fully saturated rings. The maximum atomic E-state index is 12.1. The van der Waals surface area contributed by atoms with Crippen molar-refractivity contribution in [1.82, 2.24) is 0 Å². The smallest absolute Gasteiger partial charge is 0.354 e. The fourth-order valence-electron chi connectivity index (χ4n) is 1.99. The zero-order valence-corrected chi connectivity index (χ0v) is 14.2. The molecule has 0 aliphatic heterocycles. The van der Waals surface area contributed by atoms with Crippen molar-refractivity contribution in [3.05, 3.63) is 59.7 Å². The minimum Gasteiger partial charge on any atom is -0.497 e. The first-order valence-electron chi connectivity index (χ1n) is 7.87. The van der Waals surface area contributed by atoms with E-state index in [0.29, 0.717) is 23.7 Å². The van der Waals surface area contributed by atoms with E-state index < -0.39 is 5.97 Å². The molecule has 0 radical (unpaired) electrons. The quantitative estimate of drug-likeness (QED) is 0.331. The Morgan fingerprint density at radius 3 is 2.20 bits per heavy atom. The predicted octanol–water partition coefficient (Wildman–Crippen LogP) is 4.00. The van der Waals surface area contributed by atoms with E-state index in [0.717, 1.165) is 12.2 Å². The lowest BCUT2D eigenvalue weighted by molar-refractivity contribution is -0.129. The average molecular weight is 337 g/mol. The molecule has 2 aromatic rings.